The lowest BCUT2D eigenvalue weighted by Crippen LogP contribution is -2.29. The zero-order chi connectivity index (χ0) is 21.8. The highest BCUT2D eigenvalue weighted by Crippen LogP contribution is 2.29. The number of hydrogen-bond acceptors (Lipinski definition) is 5. The molecule has 6 nitrogen and oxygen atoms in total. The first-order chi connectivity index (χ1) is 15.1. The van der Waals surface area contributed by atoms with Gasteiger partial charge in [-0.2, -0.15) is 0 Å². The number of benzene rings is 2. The number of carbonyl (C=O) groups is 2. The molecular formula is C23H23ClN4O2S. The van der Waals surface area contributed by atoms with Gasteiger partial charge in [-0.15, -0.1) is 10.2 Å². The summed E-state index contributed by atoms with van der Waals surface area (Å²) in [5.41, 5.74) is 1.84. The van der Waals surface area contributed by atoms with Gasteiger partial charge in [0.2, 0.25) is 0 Å². The van der Waals surface area contributed by atoms with Crippen LogP contribution in [0, 0.1) is 0 Å². The Morgan fingerprint density at radius 3 is 2.23 bits per heavy atom. The number of nitrogens with zero attached hydrogens (tertiary/aromatic N) is 4. The maximum absolute atomic E-state index is 12.7. The first-order valence-corrected chi connectivity index (χ1v) is 11.7. The summed E-state index contributed by atoms with van der Waals surface area (Å²) in [4.78, 5) is 26.6. The number of amides is 2. The van der Waals surface area contributed by atoms with Crippen molar-refractivity contribution in [2.24, 2.45) is 0 Å². The molecule has 8 heteroatoms. The molecule has 1 aromatic heterocycles. The van der Waals surface area contributed by atoms with Crippen LogP contribution in [-0.4, -0.2) is 37.4 Å². The molecule has 1 aliphatic heterocycles. The molecule has 0 spiro atoms. The molecule has 0 atom stereocenters. The molecule has 1 aliphatic rings. The SMILES string of the molecule is CCCCCCn1c(SCN2C(=O)c3ccccc3C2=O)nnc1-c1ccc(Cl)cc1. The fourth-order valence-electron chi connectivity index (χ4n) is 3.58. The Morgan fingerprint density at radius 2 is 1.58 bits per heavy atom. The monoisotopic (exact) mass is 454 g/mol. The second kappa shape index (κ2) is 9.66. The molecular weight excluding hydrogens is 432 g/mol. The number of carbonyl (C=O) groups excluding carboxylic acids is 2. The van der Waals surface area contributed by atoms with Crippen molar-refractivity contribution in [3.8, 4) is 11.4 Å². The van der Waals surface area contributed by atoms with Crippen LogP contribution < -0.4 is 0 Å². The molecule has 0 unspecified atom stereocenters. The lowest BCUT2D eigenvalue weighted by atomic mass is 10.1. The Balaban J connectivity index is 1.54. The Bertz CT molecular complexity index is 1060. The Kier molecular flexibility index (Phi) is 6.73. The van der Waals surface area contributed by atoms with E-state index in [1.54, 1.807) is 24.3 Å². The Hall–Kier alpha value is -2.64. The molecule has 0 fully saturated rings. The quantitative estimate of drug-likeness (QED) is 0.242. The van der Waals surface area contributed by atoms with Gasteiger partial charge >= 0.3 is 0 Å². The van der Waals surface area contributed by atoms with Crippen LogP contribution in [0.1, 0.15) is 53.3 Å². The molecule has 0 N–H and O–H groups in total. The molecule has 0 saturated heterocycles. The van der Waals surface area contributed by atoms with Crippen LogP contribution in [0.2, 0.25) is 5.02 Å². The first kappa shape index (κ1) is 21.6. The van der Waals surface area contributed by atoms with Gasteiger partial charge in [0, 0.05) is 17.1 Å². The number of unbranched alkanes of at least 4 members (excludes halogenated alkanes) is 3. The average molecular weight is 455 g/mol. The summed E-state index contributed by atoms with van der Waals surface area (Å²) >= 11 is 7.39. The Morgan fingerprint density at radius 1 is 0.903 bits per heavy atom. The van der Waals surface area contributed by atoms with Crippen molar-refractivity contribution in [3.63, 3.8) is 0 Å². The van der Waals surface area contributed by atoms with E-state index in [0.29, 0.717) is 21.3 Å². The van der Waals surface area contributed by atoms with Crippen LogP contribution in [0.15, 0.2) is 53.7 Å². The van der Waals surface area contributed by atoms with E-state index < -0.39 is 0 Å². The first-order valence-electron chi connectivity index (χ1n) is 10.4. The number of hydrogen-bond donors (Lipinski definition) is 0. The summed E-state index contributed by atoms with van der Waals surface area (Å²) < 4.78 is 2.07. The maximum Gasteiger partial charge on any atom is 0.262 e. The minimum Gasteiger partial charge on any atom is -0.302 e. The third-order valence-electron chi connectivity index (χ3n) is 5.26. The van der Waals surface area contributed by atoms with Gasteiger partial charge in [-0.05, 0) is 42.8 Å². The summed E-state index contributed by atoms with van der Waals surface area (Å²) in [5, 5.41) is 10.1. The van der Waals surface area contributed by atoms with E-state index in [9.17, 15) is 9.59 Å². The molecule has 31 heavy (non-hydrogen) atoms. The van der Waals surface area contributed by atoms with Crippen LogP contribution in [0.4, 0.5) is 0 Å². The molecule has 2 amide bonds. The Labute approximate surface area is 190 Å². The minimum atomic E-state index is -0.264. The van der Waals surface area contributed by atoms with Gasteiger partial charge < -0.3 is 4.57 Å². The molecule has 3 aromatic rings. The molecule has 160 valence electrons. The van der Waals surface area contributed by atoms with Crippen molar-refractivity contribution in [3.05, 3.63) is 64.7 Å². The standard InChI is InChI=1S/C23H23ClN4O2S/c1-2-3-4-7-14-27-20(16-10-12-17(24)13-11-16)25-26-23(27)31-15-28-21(29)18-8-5-6-9-19(18)22(28)30/h5-6,8-13H,2-4,7,14-15H2,1H3. The van der Waals surface area contributed by atoms with Crippen molar-refractivity contribution >= 4 is 35.2 Å². The van der Waals surface area contributed by atoms with Crippen LogP contribution >= 0.6 is 23.4 Å². The second-order valence-electron chi connectivity index (χ2n) is 7.38. The van der Waals surface area contributed by atoms with E-state index in [1.807, 2.05) is 24.3 Å². The van der Waals surface area contributed by atoms with Gasteiger partial charge in [-0.1, -0.05) is 61.7 Å². The normalized spacial score (nSPS) is 13.2. The van der Waals surface area contributed by atoms with Crippen LogP contribution in [0.3, 0.4) is 0 Å². The predicted octanol–water partition coefficient (Wildman–Crippen LogP) is 5.52. The predicted molar refractivity (Wildman–Crippen MR) is 122 cm³/mol. The zero-order valence-corrected chi connectivity index (χ0v) is 18.8. The van der Waals surface area contributed by atoms with E-state index >= 15 is 0 Å². The van der Waals surface area contributed by atoms with Gasteiger partial charge in [0.1, 0.15) is 0 Å². The topological polar surface area (TPSA) is 68.1 Å². The second-order valence-corrected chi connectivity index (χ2v) is 8.73. The summed E-state index contributed by atoms with van der Waals surface area (Å²) in [6.07, 6.45) is 4.47. The molecule has 0 radical (unpaired) electrons. The fourth-order valence-corrected chi connectivity index (χ4v) is 4.62. The summed E-state index contributed by atoms with van der Waals surface area (Å²) in [6.45, 7) is 2.96. The van der Waals surface area contributed by atoms with Crippen LogP contribution in [-0.2, 0) is 6.54 Å². The largest absolute Gasteiger partial charge is 0.302 e. The third-order valence-corrected chi connectivity index (χ3v) is 6.45. The molecule has 2 aromatic carbocycles. The van der Waals surface area contributed by atoms with Crippen molar-refractivity contribution in [2.45, 2.75) is 44.3 Å². The fraction of sp³-hybridized carbons (Fsp3) is 0.304. The van der Waals surface area contributed by atoms with E-state index in [1.165, 1.54) is 23.1 Å². The number of thioether (sulfide) groups is 1. The van der Waals surface area contributed by atoms with E-state index in [4.69, 9.17) is 11.6 Å². The van der Waals surface area contributed by atoms with Gasteiger partial charge in [-0.25, -0.2) is 0 Å². The van der Waals surface area contributed by atoms with Crippen molar-refractivity contribution in [2.75, 3.05) is 5.88 Å². The number of fused-ring (bicyclic) bond motifs is 1. The van der Waals surface area contributed by atoms with E-state index in [0.717, 1.165) is 37.2 Å². The van der Waals surface area contributed by atoms with E-state index in [-0.39, 0.29) is 17.7 Å². The average Bonchev–Trinajstić information content (AvgIpc) is 3.29. The number of imide groups is 1. The smallest absolute Gasteiger partial charge is 0.262 e. The van der Waals surface area contributed by atoms with E-state index in [2.05, 4.69) is 21.7 Å². The molecule has 0 bridgehead atoms. The summed E-state index contributed by atoms with van der Waals surface area (Å²) in [6, 6.07) is 14.4. The molecule has 2 heterocycles. The highest BCUT2D eigenvalue weighted by molar-refractivity contribution is 7.99. The summed E-state index contributed by atoms with van der Waals surface area (Å²) in [7, 11) is 0. The lowest BCUT2D eigenvalue weighted by Gasteiger charge is -2.14. The molecule has 0 saturated carbocycles. The lowest BCUT2D eigenvalue weighted by molar-refractivity contribution is 0.0684. The van der Waals surface area contributed by atoms with Gasteiger partial charge in [0.15, 0.2) is 11.0 Å². The van der Waals surface area contributed by atoms with Crippen LogP contribution in [0.5, 0.6) is 0 Å². The van der Waals surface area contributed by atoms with Crippen LogP contribution in [0.25, 0.3) is 11.4 Å². The number of aromatic nitrogens is 3. The maximum atomic E-state index is 12.7. The molecule has 0 aliphatic carbocycles. The molecule has 4 rings (SSSR count). The minimum absolute atomic E-state index is 0.195. The van der Waals surface area contributed by atoms with Crippen molar-refractivity contribution in [1.82, 2.24) is 19.7 Å². The third kappa shape index (κ3) is 4.52. The number of rotatable bonds is 9. The highest BCUT2D eigenvalue weighted by atomic mass is 35.5. The number of halogens is 1. The van der Waals surface area contributed by atoms with Crippen molar-refractivity contribution in [1.29, 1.82) is 0 Å². The zero-order valence-electron chi connectivity index (χ0n) is 17.3. The highest BCUT2D eigenvalue weighted by Gasteiger charge is 2.35. The summed E-state index contributed by atoms with van der Waals surface area (Å²) in [5.74, 6) is 0.429. The van der Waals surface area contributed by atoms with Gasteiger partial charge in [-0.3, -0.25) is 14.5 Å². The van der Waals surface area contributed by atoms with Gasteiger partial charge in [0.05, 0.1) is 17.0 Å². The van der Waals surface area contributed by atoms with Gasteiger partial charge in [0.25, 0.3) is 11.8 Å². The van der Waals surface area contributed by atoms with Crippen molar-refractivity contribution < 1.29 is 9.59 Å².